The van der Waals surface area contributed by atoms with E-state index in [1.54, 1.807) is 12.1 Å². The van der Waals surface area contributed by atoms with Crippen molar-refractivity contribution in [3.05, 3.63) is 29.8 Å². The Labute approximate surface area is 136 Å². The summed E-state index contributed by atoms with van der Waals surface area (Å²) < 4.78 is 33.1. The highest BCUT2D eigenvalue weighted by Crippen LogP contribution is 2.35. The van der Waals surface area contributed by atoms with Crippen LogP contribution in [0.5, 0.6) is 0 Å². The van der Waals surface area contributed by atoms with Crippen molar-refractivity contribution in [2.45, 2.75) is 36.3 Å². The van der Waals surface area contributed by atoms with Gasteiger partial charge in [0.2, 0.25) is 10.0 Å². The van der Waals surface area contributed by atoms with Crippen LogP contribution in [0.15, 0.2) is 29.2 Å². The molecule has 1 aliphatic heterocycles. The van der Waals surface area contributed by atoms with Crippen molar-refractivity contribution in [1.82, 2.24) is 4.31 Å². The molecule has 1 aliphatic carbocycles. The lowest BCUT2D eigenvalue weighted by Gasteiger charge is -2.39. The van der Waals surface area contributed by atoms with E-state index in [0.29, 0.717) is 13.0 Å². The van der Waals surface area contributed by atoms with Crippen LogP contribution < -0.4 is 0 Å². The maximum atomic E-state index is 13.1. The van der Waals surface area contributed by atoms with Crippen LogP contribution >= 0.6 is 0 Å². The van der Waals surface area contributed by atoms with Gasteiger partial charge < -0.3 is 9.84 Å². The first-order valence-corrected chi connectivity index (χ1v) is 9.26. The first kappa shape index (κ1) is 16.4. The SMILES string of the molecule is N#Cc1ccccc1S(=O)(=O)N1CCOC[C@@H]1[C@@H]1CCC[C@H]1O. The lowest BCUT2D eigenvalue weighted by molar-refractivity contribution is -0.0148. The van der Waals surface area contributed by atoms with Crippen LogP contribution in [-0.2, 0) is 14.8 Å². The van der Waals surface area contributed by atoms with Gasteiger partial charge in [-0.25, -0.2) is 8.42 Å². The molecule has 0 amide bonds. The molecular formula is C16H20N2O4S. The highest BCUT2D eigenvalue weighted by atomic mass is 32.2. The molecule has 0 unspecified atom stereocenters. The number of nitrogens with zero attached hydrogens (tertiary/aromatic N) is 2. The third-order valence-corrected chi connectivity index (χ3v) is 6.72. The molecule has 0 spiro atoms. The van der Waals surface area contributed by atoms with Crippen LogP contribution in [0.4, 0.5) is 0 Å². The average Bonchev–Trinajstić information content (AvgIpc) is 3.00. The summed E-state index contributed by atoms with van der Waals surface area (Å²) in [5.74, 6) is -0.112. The number of rotatable bonds is 3. The van der Waals surface area contributed by atoms with E-state index in [0.717, 1.165) is 12.8 Å². The number of sulfonamides is 1. The van der Waals surface area contributed by atoms with Crippen LogP contribution in [0.2, 0.25) is 0 Å². The third kappa shape index (κ3) is 3.00. The molecule has 3 atom stereocenters. The fraction of sp³-hybridized carbons (Fsp3) is 0.562. The quantitative estimate of drug-likeness (QED) is 0.893. The molecule has 1 saturated carbocycles. The Morgan fingerprint density at radius 2 is 2.09 bits per heavy atom. The van der Waals surface area contributed by atoms with E-state index in [4.69, 9.17) is 4.74 Å². The van der Waals surface area contributed by atoms with Gasteiger partial charge in [0.25, 0.3) is 0 Å². The van der Waals surface area contributed by atoms with Crippen molar-refractivity contribution in [3.63, 3.8) is 0 Å². The van der Waals surface area contributed by atoms with Crippen molar-refractivity contribution in [3.8, 4) is 6.07 Å². The Morgan fingerprint density at radius 3 is 2.78 bits per heavy atom. The Kier molecular flexibility index (Phi) is 4.69. The number of aliphatic hydroxyl groups excluding tert-OH is 1. The zero-order valence-corrected chi connectivity index (χ0v) is 13.6. The third-order valence-electron chi connectivity index (χ3n) is 4.73. The predicted octanol–water partition coefficient (Wildman–Crippen LogP) is 1.11. The maximum absolute atomic E-state index is 13.1. The Hall–Kier alpha value is -1.46. The second-order valence-corrected chi connectivity index (χ2v) is 7.89. The first-order valence-electron chi connectivity index (χ1n) is 7.82. The summed E-state index contributed by atoms with van der Waals surface area (Å²) in [4.78, 5) is 0.0295. The molecule has 6 nitrogen and oxygen atoms in total. The number of ether oxygens (including phenoxy) is 1. The van der Waals surface area contributed by atoms with Crippen molar-refractivity contribution < 1.29 is 18.3 Å². The summed E-state index contributed by atoms with van der Waals surface area (Å²) in [6.45, 7) is 0.860. The lowest BCUT2D eigenvalue weighted by atomic mass is 9.96. The minimum absolute atomic E-state index is 0.0295. The van der Waals surface area contributed by atoms with Crippen molar-refractivity contribution >= 4 is 10.0 Å². The molecule has 1 saturated heterocycles. The summed E-state index contributed by atoms with van der Waals surface area (Å²) >= 11 is 0. The monoisotopic (exact) mass is 336 g/mol. The lowest BCUT2D eigenvalue weighted by Crippen LogP contribution is -2.53. The van der Waals surface area contributed by atoms with E-state index < -0.39 is 16.1 Å². The van der Waals surface area contributed by atoms with Gasteiger partial charge in [0.15, 0.2) is 0 Å². The van der Waals surface area contributed by atoms with Crippen LogP contribution in [-0.4, -0.2) is 49.7 Å². The Balaban J connectivity index is 1.98. The molecule has 0 bridgehead atoms. The van der Waals surface area contributed by atoms with Gasteiger partial charge in [-0.15, -0.1) is 0 Å². The normalized spacial score (nSPS) is 29.3. The minimum Gasteiger partial charge on any atom is -0.393 e. The van der Waals surface area contributed by atoms with Gasteiger partial charge in [0, 0.05) is 12.5 Å². The van der Waals surface area contributed by atoms with E-state index in [1.807, 2.05) is 6.07 Å². The largest absolute Gasteiger partial charge is 0.393 e. The standard InChI is InChI=1S/C16H20N2O4S/c17-10-12-4-1-2-7-16(12)23(20,21)18-8-9-22-11-14(18)13-5-3-6-15(13)19/h1-2,4,7,13-15,19H,3,5-6,8-9,11H2/t13-,14+,15+/m0/s1. The summed E-state index contributed by atoms with van der Waals surface area (Å²) in [6.07, 6.45) is 1.89. The molecule has 2 aliphatic rings. The van der Waals surface area contributed by atoms with E-state index in [9.17, 15) is 18.8 Å². The number of hydrogen-bond donors (Lipinski definition) is 1. The van der Waals surface area contributed by atoms with E-state index in [1.165, 1.54) is 16.4 Å². The first-order chi connectivity index (χ1) is 11.1. The molecular weight excluding hydrogens is 316 g/mol. The molecule has 2 fully saturated rings. The zero-order chi connectivity index (χ0) is 16.4. The van der Waals surface area contributed by atoms with Crippen LogP contribution in [0.1, 0.15) is 24.8 Å². The molecule has 1 aromatic carbocycles. The maximum Gasteiger partial charge on any atom is 0.244 e. The molecule has 124 valence electrons. The Morgan fingerprint density at radius 1 is 1.30 bits per heavy atom. The van der Waals surface area contributed by atoms with Gasteiger partial charge in [-0.1, -0.05) is 18.6 Å². The molecule has 3 rings (SSSR count). The van der Waals surface area contributed by atoms with Gasteiger partial charge in [-0.05, 0) is 25.0 Å². The molecule has 1 aromatic rings. The fourth-order valence-electron chi connectivity index (χ4n) is 3.57. The van der Waals surface area contributed by atoms with E-state index >= 15 is 0 Å². The number of morpholine rings is 1. The highest BCUT2D eigenvalue weighted by molar-refractivity contribution is 7.89. The van der Waals surface area contributed by atoms with Gasteiger partial charge >= 0.3 is 0 Å². The van der Waals surface area contributed by atoms with Crippen molar-refractivity contribution in [2.75, 3.05) is 19.8 Å². The summed E-state index contributed by atoms with van der Waals surface area (Å²) in [5, 5.41) is 19.4. The van der Waals surface area contributed by atoms with Gasteiger partial charge in [0.1, 0.15) is 6.07 Å². The van der Waals surface area contributed by atoms with Crippen molar-refractivity contribution in [1.29, 1.82) is 5.26 Å². The van der Waals surface area contributed by atoms with Gasteiger partial charge in [-0.3, -0.25) is 0 Å². The molecule has 0 radical (unpaired) electrons. The van der Waals surface area contributed by atoms with E-state index in [2.05, 4.69) is 0 Å². The predicted molar refractivity (Wildman–Crippen MR) is 83.0 cm³/mol. The number of aliphatic hydroxyl groups is 1. The summed E-state index contributed by atoms with van der Waals surface area (Å²) in [5.41, 5.74) is 0.143. The number of nitriles is 1. The summed E-state index contributed by atoms with van der Waals surface area (Å²) in [7, 11) is -3.80. The molecule has 1 heterocycles. The second-order valence-electron chi connectivity index (χ2n) is 6.03. The number of hydrogen-bond acceptors (Lipinski definition) is 5. The van der Waals surface area contributed by atoms with E-state index in [-0.39, 0.29) is 35.6 Å². The van der Waals surface area contributed by atoms with Gasteiger partial charge in [-0.2, -0.15) is 9.57 Å². The molecule has 0 aromatic heterocycles. The molecule has 7 heteroatoms. The zero-order valence-electron chi connectivity index (χ0n) is 12.8. The van der Waals surface area contributed by atoms with Gasteiger partial charge in [0.05, 0.1) is 35.8 Å². The van der Waals surface area contributed by atoms with Crippen LogP contribution in [0.3, 0.4) is 0 Å². The topological polar surface area (TPSA) is 90.6 Å². The molecule has 1 N–H and O–H groups in total. The van der Waals surface area contributed by atoms with Crippen LogP contribution in [0.25, 0.3) is 0 Å². The fourth-order valence-corrected chi connectivity index (χ4v) is 5.35. The smallest absolute Gasteiger partial charge is 0.244 e. The Bertz CT molecular complexity index is 713. The number of benzene rings is 1. The summed E-state index contributed by atoms with van der Waals surface area (Å²) in [6, 6.07) is 7.81. The van der Waals surface area contributed by atoms with Crippen molar-refractivity contribution in [2.24, 2.45) is 5.92 Å². The average molecular weight is 336 g/mol. The highest BCUT2D eigenvalue weighted by Gasteiger charge is 2.43. The van der Waals surface area contributed by atoms with Crippen LogP contribution in [0, 0.1) is 17.2 Å². The molecule has 23 heavy (non-hydrogen) atoms. The minimum atomic E-state index is -3.80. The second kappa shape index (κ2) is 6.57.